The van der Waals surface area contributed by atoms with E-state index < -0.39 is 17.2 Å². The molecule has 0 amide bonds. The third-order valence-electron chi connectivity index (χ3n) is 5.58. The summed E-state index contributed by atoms with van der Waals surface area (Å²) in [5, 5.41) is 20.8. The fourth-order valence-corrected chi connectivity index (χ4v) is 4.05. The largest absolute Gasteiger partial charge is 0.469 e. The van der Waals surface area contributed by atoms with Crippen molar-refractivity contribution in [2.45, 2.75) is 141 Å². The van der Waals surface area contributed by atoms with Gasteiger partial charge >= 0.3 is 5.97 Å². The number of unbranched alkanes of at least 4 members (excludes halogenated alkanes) is 13. The lowest BCUT2D eigenvalue weighted by molar-refractivity contribution is -0.147. The quantitative estimate of drug-likeness (QED) is 0.197. The molecule has 4 nitrogen and oxygen atoms in total. The van der Waals surface area contributed by atoms with Crippen molar-refractivity contribution in [2.75, 3.05) is 7.11 Å². The summed E-state index contributed by atoms with van der Waals surface area (Å²) in [5.74, 6) is -0.447. The van der Waals surface area contributed by atoms with Crippen LogP contribution in [0.3, 0.4) is 0 Å². The molecule has 4 heteroatoms. The first-order valence-electron chi connectivity index (χ1n) is 11.7. The Balaban J connectivity index is 3.57. The number of hydrogen-bond donors (Lipinski definition) is 2. The first-order valence-corrected chi connectivity index (χ1v) is 11.7. The first kappa shape index (κ1) is 27.4. The molecule has 0 aliphatic rings. The fraction of sp³-hybridized carbons (Fsp3) is 0.958. The molecular weight excluding hydrogens is 352 g/mol. The van der Waals surface area contributed by atoms with Crippen LogP contribution in [0.15, 0.2) is 0 Å². The molecule has 2 N–H and O–H groups in total. The second-order valence-corrected chi connectivity index (χ2v) is 9.27. The van der Waals surface area contributed by atoms with Crippen molar-refractivity contribution in [1.29, 1.82) is 0 Å². The summed E-state index contributed by atoms with van der Waals surface area (Å²) < 4.78 is 4.61. The van der Waals surface area contributed by atoms with Crippen LogP contribution in [0.5, 0.6) is 0 Å². The highest BCUT2D eigenvalue weighted by Crippen LogP contribution is 2.28. The van der Waals surface area contributed by atoms with E-state index in [1.807, 2.05) is 0 Å². The van der Waals surface area contributed by atoms with Gasteiger partial charge in [0, 0.05) is 6.42 Å². The summed E-state index contributed by atoms with van der Waals surface area (Å²) in [6, 6.07) is 0. The molecule has 0 radical (unpaired) electrons. The van der Waals surface area contributed by atoms with E-state index in [0.717, 1.165) is 12.8 Å². The second-order valence-electron chi connectivity index (χ2n) is 9.27. The number of esters is 1. The maximum Gasteiger partial charge on any atom is 0.308 e. The van der Waals surface area contributed by atoms with Gasteiger partial charge in [-0.3, -0.25) is 4.79 Å². The zero-order valence-electron chi connectivity index (χ0n) is 19.2. The number of hydrogen-bond acceptors (Lipinski definition) is 4. The van der Waals surface area contributed by atoms with Gasteiger partial charge < -0.3 is 14.9 Å². The van der Waals surface area contributed by atoms with Crippen LogP contribution in [0, 0.1) is 0 Å². The lowest BCUT2D eigenvalue weighted by Gasteiger charge is -2.32. The van der Waals surface area contributed by atoms with Crippen molar-refractivity contribution in [3.05, 3.63) is 0 Å². The molecule has 0 aliphatic heterocycles. The molecule has 2 atom stereocenters. The molecule has 0 spiro atoms. The standard InChI is InChI=1S/C24H48O4/c1-5-6-7-8-9-10-11-12-13-14-15-16-17-18-19-23(2,26)21-24(3,27)20-22(25)28-4/h26-27H,5-21H2,1-4H3. The van der Waals surface area contributed by atoms with E-state index in [1.54, 1.807) is 13.8 Å². The van der Waals surface area contributed by atoms with Gasteiger partial charge in [-0.25, -0.2) is 0 Å². The Morgan fingerprint density at radius 1 is 0.714 bits per heavy atom. The molecule has 28 heavy (non-hydrogen) atoms. The smallest absolute Gasteiger partial charge is 0.308 e. The van der Waals surface area contributed by atoms with Crippen LogP contribution in [-0.4, -0.2) is 34.5 Å². The van der Waals surface area contributed by atoms with Gasteiger partial charge in [-0.15, -0.1) is 0 Å². The van der Waals surface area contributed by atoms with E-state index in [1.165, 1.54) is 84.2 Å². The van der Waals surface area contributed by atoms with E-state index in [-0.39, 0.29) is 12.8 Å². The summed E-state index contributed by atoms with van der Waals surface area (Å²) in [5.41, 5.74) is -2.18. The predicted octanol–water partition coefficient (Wildman–Crippen LogP) is 6.31. The molecule has 0 rings (SSSR count). The summed E-state index contributed by atoms with van der Waals surface area (Å²) in [6.07, 6.45) is 19.1. The molecule has 0 bridgehead atoms. The number of rotatable bonds is 19. The predicted molar refractivity (Wildman–Crippen MR) is 117 cm³/mol. The topological polar surface area (TPSA) is 66.8 Å². The van der Waals surface area contributed by atoms with E-state index in [4.69, 9.17) is 0 Å². The highest BCUT2D eigenvalue weighted by atomic mass is 16.5. The van der Waals surface area contributed by atoms with Crippen LogP contribution in [0.1, 0.15) is 130 Å². The number of ether oxygens (including phenoxy) is 1. The van der Waals surface area contributed by atoms with Gasteiger partial charge in [0.1, 0.15) is 0 Å². The number of carbonyl (C=O) groups is 1. The van der Waals surface area contributed by atoms with Gasteiger partial charge in [0.15, 0.2) is 0 Å². The summed E-state index contributed by atoms with van der Waals surface area (Å²) in [4.78, 5) is 11.3. The van der Waals surface area contributed by atoms with Crippen LogP contribution in [0.2, 0.25) is 0 Å². The minimum absolute atomic E-state index is 0.0849. The first-order chi connectivity index (χ1) is 13.2. The van der Waals surface area contributed by atoms with Gasteiger partial charge in [-0.1, -0.05) is 96.8 Å². The third-order valence-corrected chi connectivity index (χ3v) is 5.58. The number of methoxy groups -OCH3 is 1. The van der Waals surface area contributed by atoms with Crippen LogP contribution in [0.25, 0.3) is 0 Å². The van der Waals surface area contributed by atoms with Gasteiger partial charge in [-0.05, 0) is 20.3 Å². The molecule has 168 valence electrons. The van der Waals surface area contributed by atoms with Crippen molar-refractivity contribution in [3.63, 3.8) is 0 Å². The maximum absolute atomic E-state index is 11.3. The van der Waals surface area contributed by atoms with E-state index >= 15 is 0 Å². The lowest BCUT2D eigenvalue weighted by Crippen LogP contribution is -2.39. The monoisotopic (exact) mass is 400 g/mol. The SMILES string of the molecule is CCCCCCCCCCCCCCCCC(C)(O)CC(C)(O)CC(=O)OC. The maximum atomic E-state index is 11.3. The van der Waals surface area contributed by atoms with Crippen LogP contribution >= 0.6 is 0 Å². The molecule has 0 fully saturated rings. The van der Waals surface area contributed by atoms with Crippen molar-refractivity contribution in [2.24, 2.45) is 0 Å². The van der Waals surface area contributed by atoms with Crippen molar-refractivity contribution in [3.8, 4) is 0 Å². The van der Waals surface area contributed by atoms with E-state index in [0.29, 0.717) is 6.42 Å². The molecule has 0 saturated heterocycles. The average Bonchev–Trinajstić information content (AvgIpc) is 2.60. The summed E-state index contributed by atoms with van der Waals surface area (Å²) in [6.45, 7) is 5.60. The molecule has 0 aromatic rings. The zero-order valence-corrected chi connectivity index (χ0v) is 19.2. The van der Waals surface area contributed by atoms with Crippen LogP contribution in [-0.2, 0) is 9.53 Å². The normalized spacial score (nSPS) is 15.8. The van der Waals surface area contributed by atoms with Crippen LogP contribution < -0.4 is 0 Å². The van der Waals surface area contributed by atoms with Gasteiger partial charge in [0.05, 0.1) is 24.7 Å². The molecule has 0 saturated carbocycles. The second kappa shape index (κ2) is 16.2. The molecular formula is C24H48O4. The van der Waals surface area contributed by atoms with E-state index in [9.17, 15) is 15.0 Å². The number of aliphatic hydroxyl groups is 2. The van der Waals surface area contributed by atoms with Crippen molar-refractivity contribution < 1.29 is 19.7 Å². The summed E-state index contributed by atoms with van der Waals surface area (Å²) in [7, 11) is 1.31. The third kappa shape index (κ3) is 17.5. The molecule has 2 unspecified atom stereocenters. The van der Waals surface area contributed by atoms with E-state index in [2.05, 4.69) is 11.7 Å². The summed E-state index contributed by atoms with van der Waals surface area (Å²) >= 11 is 0. The Hall–Kier alpha value is -0.610. The minimum Gasteiger partial charge on any atom is -0.469 e. The Bertz CT molecular complexity index is 377. The molecule has 0 aromatic carbocycles. The Kier molecular flexibility index (Phi) is 15.9. The minimum atomic E-state index is -1.23. The van der Waals surface area contributed by atoms with Gasteiger partial charge in [-0.2, -0.15) is 0 Å². The lowest BCUT2D eigenvalue weighted by atomic mass is 9.84. The zero-order chi connectivity index (χ0) is 21.3. The highest BCUT2D eigenvalue weighted by molar-refractivity contribution is 5.70. The molecule has 0 aromatic heterocycles. The van der Waals surface area contributed by atoms with Gasteiger partial charge in [0.2, 0.25) is 0 Å². The average molecular weight is 401 g/mol. The molecule has 0 heterocycles. The van der Waals surface area contributed by atoms with Crippen LogP contribution in [0.4, 0.5) is 0 Å². The Morgan fingerprint density at radius 3 is 1.50 bits per heavy atom. The number of carbonyl (C=O) groups excluding carboxylic acids is 1. The molecule has 0 aliphatic carbocycles. The highest BCUT2D eigenvalue weighted by Gasteiger charge is 2.34. The fourth-order valence-electron chi connectivity index (χ4n) is 4.05. The van der Waals surface area contributed by atoms with Gasteiger partial charge in [0.25, 0.3) is 0 Å². The van der Waals surface area contributed by atoms with Crippen molar-refractivity contribution in [1.82, 2.24) is 0 Å². The Labute approximate surface area is 174 Å². The van der Waals surface area contributed by atoms with Crippen molar-refractivity contribution >= 4 is 5.97 Å². The Morgan fingerprint density at radius 2 is 1.11 bits per heavy atom.